The molecule has 158 valence electrons. The Labute approximate surface area is 174 Å². The number of aliphatic hydroxyl groups is 2. The number of rotatable bonds is 5. The fourth-order valence-electron chi connectivity index (χ4n) is 3.61. The van der Waals surface area contributed by atoms with Crippen LogP contribution in [0, 0.1) is 0 Å². The first kappa shape index (κ1) is 20.7. The molecule has 30 heavy (non-hydrogen) atoms. The van der Waals surface area contributed by atoms with E-state index in [4.69, 9.17) is 18.9 Å². The van der Waals surface area contributed by atoms with E-state index in [0.717, 1.165) is 11.1 Å². The largest absolute Gasteiger partial charge is 0.453 e. The minimum absolute atomic E-state index is 0.244. The molecule has 0 saturated carbocycles. The third-order valence-electron chi connectivity index (χ3n) is 5.17. The molecule has 2 N–H and O–H groups in total. The number of hydrogen-bond acceptors (Lipinski definition) is 7. The summed E-state index contributed by atoms with van der Waals surface area (Å²) in [5, 5.41) is 20.2. The topological polar surface area (TPSA) is 94.5 Å². The Balaban J connectivity index is 1.50. The van der Waals surface area contributed by atoms with E-state index in [1.807, 2.05) is 60.7 Å². The van der Waals surface area contributed by atoms with E-state index in [1.54, 1.807) is 6.08 Å². The number of esters is 1. The van der Waals surface area contributed by atoms with Gasteiger partial charge in [-0.05, 0) is 17.2 Å². The van der Waals surface area contributed by atoms with Crippen molar-refractivity contribution >= 4 is 12.0 Å². The first-order chi connectivity index (χ1) is 14.7. The molecule has 0 aromatic heterocycles. The van der Waals surface area contributed by atoms with Gasteiger partial charge in [0.05, 0.1) is 13.2 Å². The SMILES string of the molecule is O=C(/C=C/c1ccccc1)O[C@H]1[C@H](O)[C@@H](CO)O[C@H]2OC[C@@H](c3ccccc3)O[C@@H]21. The lowest BCUT2D eigenvalue weighted by Gasteiger charge is -2.47. The van der Waals surface area contributed by atoms with Gasteiger partial charge < -0.3 is 29.2 Å². The molecule has 2 aromatic carbocycles. The highest BCUT2D eigenvalue weighted by Crippen LogP contribution is 2.35. The lowest BCUT2D eigenvalue weighted by atomic mass is 9.97. The van der Waals surface area contributed by atoms with Gasteiger partial charge in [-0.3, -0.25) is 0 Å². The zero-order valence-corrected chi connectivity index (χ0v) is 16.2. The smallest absolute Gasteiger partial charge is 0.331 e. The molecule has 2 fully saturated rings. The summed E-state index contributed by atoms with van der Waals surface area (Å²) >= 11 is 0. The van der Waals surface area contributed by atoms with Gasteiger partial charge in [0.25, 0.3) is 0 Å². The monoisotopic (exact) mass is 412 g/mol. The van der Waals surface area contributed by atoms with Crippen LogP contribution in [0.25, 0.3) is 6.08 Å². The predicted octanol–water partition coefficient (Wildman–Crippen LogP) is 1.85. The summed E-state index contributed by atoms with van der Waals surface area (Å²) in [6.45, 7) is -0.197. The molecule has 2 aliphatic heterocycles. The van der Waals surface area contributed by atoms with E-state index < -0.39 is 49.4 Å². The van der Waals surface area contributed by atoms with E-state index in [-0.39, 0.29) is 6.61 Å². The average molecular weight is 412 g/mol. The van der Waals surface area contributed by atoms with Crippen LogP contribution < -0.4 is 0 Å². The third-order valence-corrected chi connectivity index (χ3v) is 5.17. The van der Waals surface area contributed by atoms with Crippen LogP contribution in [0.3, 0.4) is 0 Å². The first-order valence-electron chi connectivity index (χ1n) is 9.86. The number of ether oxygens (including phenoxy) is 4. The molecule has 0 spiro atoms. The summed E-state index contributed by atoms with van der Waals surface area (Å²) in [5.74, 6) is -0.634. The molecule has 0 unspecified atom stereocenters. The zero-order valence-electron chi connectivity index (χ0n) is 16.2. The molecule has 7 nitrogen and oxygen atoms in total. The van der Waals surface area contributed by atoms with Crippen molar-refractivity contribution in [3.05, 3.63) is 77.9 Å². The van der Waals surface area contributed by atoms with Crippen molar-refractivity contribution < 1.29 is 34.0 Å². The second-order valence-corrected chi connectivity index (χ2v) is 7.19. The summed E-state index contributed by atoms with van der Waals surface area (Å²) in [6.07, 6.45) is -2.44. The van der Waals surface area contributed by atoms with Gasteiger partial charge in [0.15, 0.2) is 12.4 Å². The fraction of sp³-hybridized carbons (Fsp3) is 0.348. The molecule has 2 heterocycles. The number of carbonyl (C=O) groups is 1. The van der Waals surface area contributed by atoms with Crippen LogP contribution in [0.2, 0.25) is 0 Å². The highest BCUT2D eigenvalue weighted by atomic mass is 16.7. The molecule has 2 aliphatic rings. The van der Waals surface area contributed by atoms with Crippen LogP contribution in [0.15, 0.2) is 66.7 Å². The third kappa shape index (κ3) is 4.61. The van der Waals surface area contributed by atoms with Crippen molar-refractivity contribution in [1.29, 1.82) is 0 Å². The van der Waals surface area contributed by atoms with E-state index >= 15 is 0 Å². The van der Waals surface area contributed by atoms with Gasteiger partial charge in [-0.1, -0.05) is 60.7 Å². The highest BCUT2D eigenvalue weighted by Gasteiger charge is 2.51. The Morgan fingerprint density at radius 3 is 2.47 bits per heavy atom. The molecule has 6 atom stereocenters. The number of aliphatic hydroxyl groups excluding tert-OH is 2. The molecule has 0 bridgehead atoms. The maximum atomic E-state index is 12.4. The molecule has 4 rings (SSSR count). The number of fused-ring (bicyclic) bond motifs is 1. The van der Waals surface area contributed by atoms with Gasteiger partial charge in [-0.2, -0.15) is 0 Å². The Morgan fingerprint density at radius 2 is 1.77 bits per heavy atom. The van der Waals surface area contributed by atoms with Crippen LogP contribution in [0.4, 0.5) is 0 Å². The maximum Gasteiger partial charge on any atom is 0.331 e. The van der Waals surface area contributed by atoms with Gasteiger partial charge >= 0.3 is 5.97 Å². The number of benzene rings is 2. The first-order valence-corrected chi connectivity index (χ1v) is 9.86. The van der Waals surface area contributed by atoms with Crippen LogP contribution in [-0.2, 0) is 23.7 Å². The van der Waals surface area contributed by atoms with Gasteiger partial charge in [0.2, 0.25) is 0 Å². The molecular formula is C23H24O7. The summed E-state index contributed by atoms with van der Waals surface area (Å²) < 4.78 is 23.1. The lowest BCUT2D eigenvalue weighted by molar-refractivity contribution is -0.350. The zero-order chi connectivity index (χ0) is 20.9. The van der Waals surface area contributed by atoms with Gasteiger partial charge in [-0.15, -0.1) is 0 Å². The summed E-state index contributed by atoms with van der Waals surface area (Å²) in [7, 11) is 0. The van der Waals surface area contributed by atoms with Crippen LogP contribution in [-0.4, -0.2) is 60.1 Å². The summed E-state index contributed by atoms with van der Waals surface area (Å²) in [6, 6.07) is 18.8. The van der Waals surface area contributed by atoms with Gasteiger partial charge in [0.1, 0.15) is 24.4 Å². The normalized spacial score (nSPS) is 31.3. The highest BCUT2D eigenvalue weighted by molar-refractivity contribution is 5.87. The molecule has 0 amide bonds. The van der Waals surface area contributed by atoms with Crippen molar-refractivity contribution in [2.24, 2.45) is 0 Å². The van der Waals surface area contributed by atoms with Crippen molar-refractivity contribution in [3.63, 3.8) is 0 Å². The summed E-state index contributed by atoms with van der Waals surface area (Å²) in [4.78, 5) is 12.4. The Bertz CT molecular complexity index is 854. The lowest BCUT2D eigenvalue weighted by Crippen LogP contribution is -2.63. The van der Waals surface area contributed by atoms with E-state index in [9.17, 15) is 15.0 Å². The van der Waals surface area contributed by atoms with Crippen molar-refractivity contribution in [2.45, 2.75) is 36.8 Å². The number of hydrogen-bond donors (Lipinski definition) is 2. The minimum Gasteiger partial charge on any atom is -0.453 e. The average Bonchev–Trinajstić information content (AvgIpc) is 2.80. The second kappa shape index (κ2) is 9.51. The molecule has 7 heteroatoms. The Morgan fingerprint density at radius 1 is 1.07 bits per heavy atom. The van der Waals surface area contributed by atoms with Crippen molar-refractivity contribution in [1.82, 2.24) is 0 Å². The molecule has 2 saturated heterocycles. The van der Waals surface area contributed by atoms with Crippen molar-refractivity contribution in [2.75, 3.05) is 13.2 Å². The Hall–Kier alpha value is -2.55. The fourth-order valence-corrected chi connectivity index (χ4v) is 3.61. The summed E-state index contributed by atoms with van der Waals surface area (Å²) in [5.41, 5.74) is 1.75. The minimum atomic E-state index is -1.26. The van der Waals surface area contributed by atoms with E-state index in [2.05, 4.69) is 0 Å². The van der Waals surface area contributed by atoms with E-state index in [0.29, 0.717) is 0 Å². The molecule has 2 aromatic rings. The predicted molar refractivity (Wildman–Crippen MR) is 107 cm³/mol. The maximum absolute atomic E-state index is 12.4. The Kier molecular flexibility index (Phi) is 6.56. The van der Waals surface area contributed by atoms with Crippen LogP contribution in [0.5, 0.6) is 0 Å². The number of carbonyl (C=O) groups excluding carboxylic acids is 1. The van der Waals surface area contributed by atoms with Crippen LogP contribution >= 0.6 is 0 Å². The second-order valence-electron chi connectivity index (χ2n) is 7.19. The molecule has 0 aliphatic carbocycles. The molecular weight excluding hydrogens is 388 g/mol. The van der Waals surface area contributed by atoms with Gasteiger partial charge in [-0.25, -0.2) is 4.79 Å². The quantitative estimate of drug-likeness (QED) is 0.572. The molecule has 0 radical (unpaired) electrons. The standard InChI is InChI=1S/C23H24O7/c24-13-17-20(26)21(30-19(25)12-11-15-7-3-1-4-8-15)22-23(29-17)27-14-18(28-22)16-9-5-2-6-10-16/h1-12,17-18,20-24,26H,13-14H2/b12-11+/t17-,18+,20-,21+,22-,23-/m1/s1. The van der Waals surface area contributed by atoms with Crippen LogP contribution in [0.1, 0.15) is 17.2 Å². The van der Waals surface area contributed by atoms with E-state index in [1.165, 1.54) is 6.08 Å². The van der Waals surface area contributed by atoms with Crippen molar-refractivity contribution in [3.8, 4) is 0 Å². The van der Waals surface area contributed by atoms with Gasteiger partial charge in [0, 0.05) is 6.08 Å².